The van der Waals surface area contributed by atoms with Crippen LogP contribution >= 0.6 is 0 Å². The van der Waals surface area contributed by atoms with Gasteiger partial charge in [-0.25, -0.2) is 22.8 Å². The first-order chi connectivity index (χ1) is 14.7. The number of methoxy groups -OCH3 is 2. The molecule has 1 N–H and O–H groups in total. The lowest BCUT2D eigenvalue weighted by atomic mass is 10.1. The Morgan fingerprint density at radius 2 is 1.39 bits per heavy atom. The smallest absolute Gasteiger partial charge is 0.338 e. The molecule has 166 valence electrons. The normalized spacial score (nSPS) is 10.8. The van der Waals surface area contributed by atoms with Crippen molar-refractivity contribution in [2.24, 2.45) is 0 Å². The largest absolute Gasteiger partial charge is 0.465 e. The fraction of sp³-hybridized carbons (Fsp3) is 0.286. The molecule has 0 amide bonds. The predicted octanol–water partition coefficient (Wildman–Crippen LogP) is 3.02. The van der Waals surface area contributed by atoms with Crippen LogP contribution in [0.5, 0.6) is 0 Å². The van der Waals surface area contributed by atoms with Gasteiger partial charge in [0, 0.05) is 5.69 Å². The first-order valence-corrected chi connectivity index (χ1v) is 10.8. The minimum absolute atomic E-state index is 0.129. The van der Waals surface area contributed by atoms with Gasteiger partial charge in [-0.2, -0.15) is 0 Å². The van der Waals surface area contributed by atoms with E-state index in [1.807, 2.05) is 6.92 Å². The third-order valence-corrected chi connectivity index (χ3v) is 5.52. The molecule has 2 aromatic rings. The average Bonchev–Trinajstić information content (AvgIpc) is 2.77. The van der Waals surface area contributed by atoms with Gasteiger partial charge >= 0.3 is 17.9 Å². The maximum absolute atomic E-state index is 12.8. The Balaban J connectivity index is 2.28. The monoisotopic (exact) mass is 449 g/mol. The molecular weight excluding hydrogens is 426 g/mol. The SMILES string of the molecule is CCCCOC(=O)c1ccc(NS(=O)(=O)c2cc(C(=O)OC)cc(C(=O)OC)c2)cc1. The number of sulfonamides is 1. The molecule has 0 unspecified atom stereocenters. The van der Waals surface area contributed by atoms with E-state index < -0.39 is 27.9 Å². The summed E-state index contributed by atoms with van der Waals surface area (Å²) in [6.07, 6.45) is 1.64. The van der Waals surface area contributed by atoms with Crippen LogP contribution in [-0.4, -0.2) is 47.2 Å². The van der Waals surface area contributed by atoms with Crippen molar-refractivity contribution >= 4 is 33.6 Å². The Morgan fingerprint density at radius 3 is 1.87 bits per heavy atom. The molecule has 10 heteroatoms. The second-order valence-electron chi connectivity index (χ2n) is 6.40. The van der Waals surface area contributed by atoms with E-state index in [2.05, 4.69) is 14.2 Å². The number of anilines is 1. The zero-order valence-corrected chi connectivity index (χ0v) is 18.2. The van der Waals surface area contributed by atoms with Crippen molar-refractivity contribution in [3.8, 4) is 0 Å². The zero-order chi connectivity index (χ0) is 23.0. The number of hydrogen-bond donors (Lipinski definition) is 1. The van der Waals surface area contributed by atoms with E-state index >= 15 is 0 Å². The molecule has 0 aliphatic carbocycles. The summed E-state index contributed by atoms with van der Waals surface area (Å²) in [5.41, 5.74) is 0.194. The second kappa shape index (κ2) is 10.6. The van der Waals surface area contributed by atoms with E-state index in [1.165, 1.54) is 30.3 Å². The Bertz CT molecular complexity index is 1030. The number of ether oxygens (including phenoxy) is 3. The van der Waals surface area contributed by atoms with Crippen LogP contribution in [0.1, 0.15) is 50.8 Å². The van der Waals surface area contributed by atoms with Crippen LogP contribution in [-0.2, 0) is 24.2 Å². The van der Waals surface area contributed by atoms with Crippen molar-refractivity contribution < 1.29 is 37.0 Å². The number of hydrogen-bond acceptors (Lipinski definition) is 8. The Morgan fingerprint density at radius 1 is 0.839 bits per heavy atom. The highest BCUT2D eigenvalue weighted by molar-refractivity contribution is 7.92. The number of carbonyl (C=O) groups is 3. The summed E-state index contributed by atoms with van der Waals surface area (Å²) >= 11 is 0. The summed E-state index contributed by atoms with van der Waals surface area (Å²) in [5.74, 6) is -2.13. The van der Waals surface area contributed by atoms with E-state index in [-0.39, 0.29) is 27.3 Å². The van der Waals surface area contributed by atoms with Gasteiger partial charge < -0.3 is 14.2 Å². The van der Waals surface area contributed by atoms with E-state index in [0.29, 0.717) is 6.61 Å². The van der Waals surface area contributed by atoms with Gasteiger partial charge in [-0.3, -0.25) is 4.72 Å². The minimum atomic E-state index is -4.17. The number of benzene rings is 2. The predicted molar refractivity (Wildman–Crippen MR) is 112 cm³/mol. The molecule has 0 saturated heterocycles. The first-order valence-electron chi connectivity index (χ1n) is 9.33. The summed E-state index contributed by atoms with van der Waals surface area (Å²) in [6, 6.07) is 9.00. The molecule has 31 heavy (non-hydrogen) atoms. The van der Waals surface area contributed by atoms with Crippen molar-refractivity contribution in [3.05, 3.63) is 59.2 Å². The van der Waals surface area contributed by atoms with Gasteiger partial charge in [0.1, 0.15) is 0 Å². The van der Waals surface area contributed by atoms with Gasteiger partial charge in [0.2, 0.25) is 0 Å². The maximum Gasteiger partial charge on any atom is 0.338 e. The molecule has 9 nitrogen and oxygen atoms in total. The zero-order valence-electron chi connectivity index (χ0n) is 17.3. The quantitative estimate of drug-likeness (QED) is 0.352. The molecule has 2 rings (SSSR count). The average molecular weight is 449 g/mol. The molecule has 0 aliphatic heterocycles. The summed E-state index contributed by atoms with van der Waals surface area (Å²) in [7, 11) is -1.91. The van der Waals surface area contributed by atoms with Crippen LogP contribution in [0.4, 0.5) is 5.69 Å². The van der Waals surface area contributed by atoms with Crippen LogP contribution < -0.4 is 4.72 Å². The number of esters is 3. The molecule has 0 radical (unpaired) electrons. The minimum Gasteiger partial charge on any atom is -0.465 e. The van der Waals surface area contributed by atoms with Crippen molar-refractivity contribution in [3.63, 3.8) is 0 Å². The van der Waals surface area contributed by atoms with Gasteiger partial charge in [0.05, 0.1) is 42.4 Å². The van der Waals surface area contributed by atoms with E-state index in [0.717, 1.165) is 39.2 Å². The van der Waals surface area contributed by atoms with Crippen LogP contribution in [0.2, 0.25) is 0 Å². The van der Waals surface area contributed by atoms with E-state index in [9.17, 15) is 22.8 Å². The van der Waals surface area contributed by atoms with Gasteiger partial charge in [-0.05, 0) is 48.9 Å². The molecule has 0 aromatic heterocycles. The highest BCUT2D eigenvalue weighted by atomic mass is 32.2. The van der Waals surface area contributed by atoms with Crippen LogP contribution in [0.3, 0.4) is 0 Å². The van der Waals surface area contributed by atoms with Gasteiger partial charge in [-0.1, -0.05) is 13.3 Å². The highest BCUT2D eigenvalue weighted by Crippen LogP contribution is 2.21. The lowest BCUT2D eigenvalue weighted by molar-refractivity contribution is 0.0498. The molecular formula is C21H23NO8S. The standard InChI is InChI=1S/C21H23NO8S/c1-4-5-10-30-21(25)14-6-8-17(9-7-14)22-31(26,27)18-12-15(19(23)28-2)11-16(13-18)20(24)29-3/h6-9,11-13,22H,4-5,10H2,1-3H3. The molecule has 0 aliphatic rings. The summed E-state index contributed by atoms with van der Waals surface area (Å²) in [5, 5.41) is 0. The fourth-order valence-corrected chi connectivity index (χ4v) is 3.64. The number of unbranched alkanes of at least 4 members (excludes halogenated alkanes) is 1. The Kier molecular flexibility index (Phi) is 8.14. The van der Waals surface area contributed by atoms with E-state index in [1.54, 1.807) is 0 Å². The van der Waals surface area contributed by atoms with Crippen LogP contribution in [0.25, 0.3) is 0 Å². The van der Waals surface area contributed by atoms with Crippen molar-refractivity contribution in [2.45, 2.75) is 24.7 Å². The third-order valence-electron chi connectivity index (χ3n) is 4.16. The number of rotatable bonds is 9. The van der Waals surface area contributed by atoms with Crippen molar-refractivity contribution in [1.82, 2.24) is 0 Å². The molecule has 0 heterocycles. The molecule has 0 fully saturated rings. The van der Waals surface area contributed by atoms with Crippen LogP contribution in [0, 0.1) is 0 Å². The lowest BCUT2D eigenvalue weighted by Crippen LogP contribution is -2.16. The number of carbonyl (C=O) groups excluding carboxylic acids is 3. The Labute approximate surface area is 180 Å². The topological polar surface area (TPSA) is 125 Å². The molecule has 2 aromatic carbocycles. The van der Waals surface area contributed by atoms with Gasteiger partial charge in [0.25, 0.3) is 10.0 Å². The summed E-state index contributed by atoms with van der Waals surface area (Å²) in [6.45, 7) is 2.28. The number of nitrogens with one attached hydrogen (secondary N) is 1. The van der Waals surface area contributed by atoms with Gasteiger partial charge in [-0.15, -0.1) is 0 Å². The third kappa shape index (κ3) is 6.29. The van der Waals surface area contributed by atoms with E-state index in [4.69, 9.17) is 4.74 Å². The molecule has 0 spiro atoms. The fourth-order valence-electron chi connectivity index (χ4n) is 2.51. The molecule has 0 saturated carbocycles. The van der Waals surface area contributed by atoms with Crippen molar-refractivity contribution in [2.75, 3.05) is 25.5 Å². The first kappa shape index (κ1) is 23.9. The lowest BCUT2D eigenvalue weighted by Gasteiger charge is -2.11. The maximum atomic E-state index is 12.8. The summed E-state index contributed by atoms with van der Waals surface area (Å²) < 4.78 is 42.3. The summed E-state index contributed by atoms with van der Waals surface area (Å²) in [4.78, 5) is 35.4. The van der Waals surface area contributed by atoms with Crippen molar-refractivity contribution in [1.29, 1.82) is 0 Å². The van der Waals surface area contributed by atoms with Gasteiger partial charge in [0.15, 0.2) is 0 Å². The molecule has 0 atom stereocenters. The Hall–Kier alpha value is -3.40. The highest BCUT2D eigenvalue weighted by Gasteiger charge is 2.21. The van der Waals surface area contributed by atoms with Crippen LogP contribution in [0.15, 0.2) is 47.4 Å². The molecule has 0 bridgehead atoms. The second-order valence-corrected chi connectivity index (χ2v) is 8.08.